The number of nitrogens with zero attached hydrogens (tertiary/aromatic N) is 3. The summed E-state index contributed by atoms with van der Waals surface area (Å²) in [5.74, 6) is 2.37. The molecule has 0 radical (unpaired) electrons. The molecule has 1 heterocycles. The lowest BCUT2D eigenvalue weighted by molar-refractivity contribution is -0.113. The first-order valence-corrected chi connectivity index (χ1v) is 10.1. The van der Waals surface area contributed by atoms with Crippen LogP contribution in [0.2, 0.25) is 0 Å². The van der Waals surface area contributed by atoms with Crippen molar-refractivity contribution >= 4 is 23.4 Å². The summed E-state index contributed by atoms with van der Waals surface area (Å²) in [5.41, 5.74) is 1.78. The van der Waals surface area contributed by atoms with Gasteiger partial charge in [0.2, 0.25) is 5.91 Å². The van der Waals surface area contributed by atoms with Gasteiger partial charge in [-0.25, -0.2) is 0 Å². The fourth-order valence-electron chi connectivity index (χ4n) is 2.74. The Morgan fingerprint density at radius 1 is 1.17 bits per heavy atom. The fourth-order valence-corrected chi connectivity index (χ4v) is 3.46. The largest absolute Gasteiger partial charge is 0.497 e. The Morgan fingerprint density at radius 3 is 2.59 bits per heavy atom. The number of thioether (sulfide) groups is 1. The van der Waals surface area contributed by atoms with Gasteiger partial charge in [-0.3, -0.25) is 4.79 Å². The molecule has 1 unspecified atom stereocenters. The fraction of sp³-hybridized carbons (Fsp3) is 0.286. The van der Waals surface area contributed by atoms with Gasteiger partial charge in [0.1, 0.15) is 11.5 Å². The van der Waals surface area contributed by atoms with E-state index in [1.807, 2.05) is 49.7 Å². The maximum absolute atomic E-state index is 12.2. The van der Waals surface area contributed by atoms with E-state index in [1.54, 1.807) is 31.4 Å². The number of anilines is 1. The zero-order valence-corrected chi connectivity index (χ0v) is 17.7. The van der Waals surface area contributed by atoms with Crippen molar-refractivity contribution in [1.29, 1.82) is 0 Å². The summed E-state index contributed by atoms with van der Waals surface area (Å²) in [7, 11) is 3.48. The Bertz CT molecular complexity index is 972. The summed E-state index contributed by atoms with van der Waals surface area (Å²) in [6.07, 6.45) is -0.268. The van der Waals surface area contributed by atoms with Gasteiger partial charge in [-0.1, -0.05) is 30.0 Å². The number of ether oxygens (including phenoxy) is 2. The zero-order valence-electron chi connectivity index (χ0n) is 16.9. The molecule has 2 aromatic carbocycles. The molecule has 3 aromatic rings. The molecule has 1 amide bonds. The van der Waals surface area contributed by atoms with Crippen LogP contribution in [0.4, 0.5) is 5.69 Å². The first-order valence-electron chi connectivity index (χ1n) is 9.16. The van der Waals surface area contributed by atoms with Crippen molar-refractivity contribution < 1.29 is 14.3 Å². The van der Waals surface area contributed by atoms with Crippen LogP contribution in [0.1, 0.15) is 24.4 Å². The van der Waals surface area contributed by atoms with Crippen LogP contribution in [0.5, 0.6) is 11.5 Å². The zero-order chi connectivity index (χ0) is 20.8. The Kier molecular flexibility index (Phi) is 6.77. The number of rotatable bonds is 8. The van der Waals surface area contributed by atoms with Gasteiger partial charge >= 0.3 is 0 Å². The first-order chi connectivity index (χ1) is 14.0. The molecule has 8 heteroatoms. The van der Waals surface area contributed by atoms with Gasteiger partial charge in [-0.15, -0.1) is 10.2 Å². The smallest absolute Gasteiger partial charge is 0.234 e. The highest BCUT2D eigenvalue weighted by atomic mass is 32.2. The number of nitrogens with one attached hydrogen (secondary N) is 1. The molecule has 0 aliphatic rings. The van der Waals surface area contributed by atoms with Crippen molar-refractivity contribution in [2.45, 2.75) is 25.1 Å². The quantitative estimate of drug-likeness (QED) is 0.564. The molecular weight excluding hydrogens is 388 g/mol. The van der Waals surface area contributed by atoms with Gasteiger partial charge in [0.15, 0.2) is 17.1 Å². The average molecular weight is 413 g/mol. The van der Waals surface area contributed by atoms with Crippen molar-refractivity contribution in [3.63, 3.8) is 0 Å². The van der Waals surface area contributed by atoms with Crippen molar-refractivity contribution in [3.8, 4) is 11.5 Å². The normalized spacial score (nSPS) is 11.7. The SMILES string of the molecule is COc1ccc(NC(=O)CSc2nnc(C(C)Oc3ccccc3C)n2C)cc1. The maximum atomic E-state index is 12.2. The summed E-state index contributed by atoms with van der Waals surface area (Å²) in [6, 6.07) is 15.0. The summed E-state index contributed by atoms with van der Waals surface area (Å²) in [6.45, 7) is 3.93. The van der Waals surface area contributed by atoms with E-state index in [0.717, 1.165) is 22.7 Å². The molecule has 1 N–H and O–H groups in total. The second-order valence-electron chi connectivity index (χ2n) is 6.49. The number of carbonyl (C=O) groups is 1. The molecule has 0 aliphatic carbocycles. The summed E-state index contributed by atoms with van der Waals surface area (Å²) in [4.78, 5) is 12.2. The standard InChI is InChI=1S/C21H24N4O3S/c1-14-7-5-6-8-18(14)28-15(2)20-23-24-21(25(20)3)29-13-19(26)22-16-9-11-17(27-4)12-10-16/h5-12,15H,13H2,1-4H3,(H,22,26). The second-order valence-corrected chi connectivity index (χ2v) is 7.43. The van der Waals surface area contributed by atoms with Gasteiger partial charge in [-0.05, 0) is 49.7 Å². The number of carbonyl (C=O) groups excluding carboxylic acids is 1. The third-order valence-corrected chi connectivity index (χ3v) is 5.36. The highest BCUT2D eigenvalue weighted by Crippen LogP contribution is 2.25. The molecule has 29 heavy (non-hydrogen) atoms. The number of hydrogen-bond donors (Lipinski definition) is 1. The third kappa shape index (κ3) is 5.29. The van der Waals surface area contributed by atoms with E-state index in [0.29, 0.717) is 11.0 Å². The third-order valence-electron chi connectivity index (χ3n) is 4.34. The van der Waals surface area contributed by atoms with Crippen LogP contribution in [0.25, 0.3) is 0 Å². The topological polar surface area (TPSA) is 78.3 Å². The molecule has 0 fully saturated rings. The van der Waals surface area contributed by atoms with Crippen LogP contribution in [0.15, 0.2) is 53.7 Å². The molecule has 0 saturated carbocycles. The van der Waals surface area contributed by atoms with Gasteiger partial charge < -0.3 is 19.4 Å². The van der Waals surface area contributed by atoms with Crippen molar-refractivity contribution in [2.24, 2.45) is 7.05 Å². The summed E-state index contributed by atoms with van der Waals surface area (Å²) >= 11 is 1.33. The van der Waals surface area contributed by atoms with E-state index in [4.69, 9.17) is 9.47 Å². The van der Waals surface area contributed by atoms with E-state index in [1.165, 1.54) is 11.8 Å². The van der Waals surface area contributed by atoms with Gasteiger partial charge in [0, 0.05) is 12.7 Å². The van der Waals surface area contributed by atoms with Crippen LogP contribution in [-0.2, 0) is 11.8 Å². The monoisotopic (exact) mass is 412 g/mol. The van der Waals surface area contributed by atoms with E-state index in [2.05, 4.69) is 15.5 Å². The lowest BCUT2D eigenvalue weighted by Gasteiger charge is -2.15. The lowest BCUT2D eigenvalue weighted by Crippen LogP contribution is -2.15. The van der Waals surface area contributed by atoms with Crippen LogP contribution in [0.3, 0.4) is 0 Å². The van der Waals surface area contributed by atoms with Crippen LogP contribution in [-0.4, -0.2) is 33.5 Å². The van der Waals surface area contributed by atoms with Crippen molar-refractivity contribution in [2.75, 3.05) is 18.2 Å². The second kappa shape index (κ2) is 9.47. The molecule has 0 saturated heterocycles. The molecule has 152 valence electrons. The summed E-state index contributed by atoms with van der Waals surface area (Å²) in [5, 5.41) is 12.0. The summed E-state index contributed by atoms with van der Waals surface area (Å²) < 4.78 is 13.0. The van der Waals surface area contributed by atoms with E-state index in [-0.39, 0.29) is 17.8 Å². The predicted molar refractivity (Wildman–Crippen MR) is 114 cm³/mol. The molecule has 7 nitrogen and oxygen atoms in total. The number of hydrogen-bond acceptors (Lipinski definition) is 6. The number of benzene rings is 2. The predicted octanol–water partition coefficient (Wildman–Crippen LogP) is 4.00. The number of aryl methyl sites for hydroxylation is 1. The average Bonchev–Trinajstić information content (AvgIpc) is 3.09. The highest BCUT2D eigenvalue weighted by Gasteiger charge is 2.18. The number of para-hydroxylation sites is 1. The number of methoxy groups -OCH3 is 1. The van der Waals surface area contributed by atoms with Crippen molar-refractivity contribution in [1.82, 2.24) is 14.8 Å². The molecular formula is C21H24N4O3S. The first kappa shape index (κ1) is 20.7. The molecule has 1 atom stereocenters. The lowest BCUT2D eigenvalue weighted by atomic mass is 10.2. The molecule has 0 bridgehead atoms. The van der Waals surface area contributed by atoms with Crippen LogP contribution >= 0.6 is 11.8 Å². The molecule has 0 aliphatic heterocycles. The Labute approximate surface area is 174 Å². The Morgan fingerprint density at radius 2 is 1.90 bits per heavy atom. The van der Waals surface area contributed by atoms with Crippen LogP contribution in [0, 0.1) is 6.92 Å². The highest BCUT2D eigenvalue weighted by molar-refractivity contribution is 7.99. The number of amides is 1. The Balaban J connectivity index is 1.57. The van der Waals surface area contributed by atoms with Crippen molar-refractivity contribution in [3.05, 3.63) is 59.9 Å². The van der Waals surface area contributed by atoms with E-state index < -0.39 is 0 Å². The molecule has 3 rings (SSSR count). The van der Waals surface area contributed by atoms with E-state index >= 15 is 0 Å². The number of aromatic nitrogens is 3. The maximum Gasteiger partial charge on any atom is 0.234 e. The molecule has 0 spiro atoms. The Hall–Kier alpha value is -3.00. The van der Waals surface area contributed by atoms with Crippen LogP contribution < -0.4 is 14.8 Å². The van der Waals surface area contributed by atoms with Gasteiger partial charge in [0.25, 0.3) is 0 Å². The minimum Gasteiger partial charge on any atom is -0.497 e. The minimum absolute atomic E-state index is 0.117. The molecule has 1 aromatic heterocycles. The van der Waals surface area contributed by atoms with Gasteiger partial charge in [0.05, 0.1) is 12.9 Å². The van der Waals surface area contributed by atoms with E-state index in [9.17, 15) is 4.79 Å². The van der Waals surface area contributed by atoms with Gasteiger partial charge in [-0.2, -0.15) is 0 Å². The minimum atomic E-state index is -0.268.